The molecular weight excluding hydrogens is 254 g/mol. The average Bonchev–Trinajstić information content (AvgIpc) is 3.01. The summed E-state index contributed by atoms with van der Waals surface area (Å²) in [6.07, 6.45) is 6.42. The van der Waals surface area contributed by atoms with E-state index in [1.54, 1.807) is 7.11 Å². The van der Waals surface area contributed by atoms with Crippen LogP contribution >= 0.6 is 0 Å². The van der Waals surface area contributed by atoms with Gasteiger partial charge in [-0.15, -0.1) is 0 Å². The second-order valence-corrected chi connectivity index (χ2v) is 5.21. The van der Waals surface area contributed by atoms with Crippen LogP contribution in [-0.4, -0.2) is 33.8 Å². The fraction of sp³-hybridized carbons (Fsp3) is 0.467. The zero-order chi connectivity index (χ0) is 14.1. The summed E-state index contributed by atoms with van der Waals surface area (Å²) in [6.45, 7) is 3.42. The van der Waals surface area contributed by atoms with Crippen LogP contribution in [0.1, 0.15) is 34.6 Å². The van der Waals surface area contributed by atoms with Crippen molar-refractivity contribution in [2.45, 2.75) is 32.7 Å². The lowest BCUT2D eigenvalue weighted by Crippen LogP contribution is -2.12. The first-order valence-corrected chi connectivity index (χ1v) is 6.97. The van der Waals surface area contributed by atoms with Crippen LogP contribution in [0.4, 0.5) is 0 Å². The van der Waals surface area contributed by atoms with Crippen molar-refractivity contribution in [1.82, 2.24) is 14.3 Å². The quantitative estimate of drug-likeness (QED) is 0.857. The van der Waals surface area contributed by atoms with Crippen LogP contribution in [-0.2, 0) is 17.7 Å². The molecule has 0 atom stereocenters. The van der Waals surface area contributed by atoms with Gasteiger partial charge in [0.15, 0.2) is 5.78 Å². The average molecular weight is 273 g/mol. The van der Waals surface area contributed by atoms with E-state index in [4.69, 9.17) is 4.74 Å². The van der Waals surface area contributed by atoms with Crippen LogP contribution in [0.15, 0.2) is 18.5 Å². The zero-order valence-corrected chi connectivity index (χ0v) is 11.9. The van der Waals surface area contributed by atoms with Crippen molar-refractivity contribution in [3.05, 3.63) is 35.4 Å². The molecular formula is C15H19N3O2. The molecule has 106 valence electrons. The summed E-state index contributed by atoms with van der Waals surface area (Å²) in [5.41, 5.74) is 4.13. The summed E-state index contributed by atoms with van der Waals surface area (Å²) < 4.78 is 9.09. The number of aromatic nitrogens is 3. The first kappa shape index (κ1) is 13.1. The molecule has 3 rings (SSSR count). The molecule has 0 radical (unpaired) electrons. The Morgan fingerprint density at radius 1 is 1.40 bits per heavy atom. The molecule has 0 N–H and O–H groups in total. The number of ketones is 1. The van der Waals surface area contributed by atoms with E-state index in [0.717, 1.165) is 42.0 Å². The van der Waals surface area contributed by atoms with E-state index in [1.807, 2.05) is 30.1 Å². The van der Waals surface area contributed by atoms with Gasteiger partial charge < -0.3 is 9.30 Å². The molecule has 0 aliphatic heterocycles. The Kier molecular flexibility index (Phi) is 3.44. The molecule has 0 saturated carbocycles. The maximum atomic E-state index is 12.0. The number of fused-ring (bicyclic) bond motifs is 1. The molecule has 1 aliphatic rings. The highest BCUT2D eigenvalue weighted by molar-refractivity contribution is 5.98. The maximum absolute atomic E-state index is 12.0. The molecule has 2 aromatic heterocycles. The Hall–Kier alpha value is -1.88. The third-order valence-corrected chi connectivity index (χ3v) is 3.81. The number of carbonyl (C=O) groups excluding carboxylic acids is 1. The first-order valence-electron chi connectivity index (χ1n) is 6.97. The molecule has 0 fully saturated rings. The predicted octanol–water partition coefficient (Wildman–Crippen LogP) is 2.15. The SMILES string of the molecule is COCCn1cc(-n2c(C)cc3c2CCCC3=O)cn1. The van der Waals surface area contributed by atoms with Gasteiger partial charge in [0.05, 0.1) is 25.0 Å². The summed E-state index contributed by atoms with van der Waals surface area (Å²) in [6, 6.07) is 2.00. The number of hydrogen-bond acceptors (Lipinski definition) is 3. The van der Waals surface area contributed by atoms with Crippen LogP contribution in [0.5, 0.6) is 0 Å². The number of methoxy groups -OCH3 is 1. The number of nitrogens with zero attached hydrogens (tertiary/aromatic N) is 3. The fourth-order valence-corrected chi connectivity index (χ4v) is 2.86. The van der Waals surface area contributed by atoms with E-state index >= 15 is 0 Å². The lowest BCUT2D eigenvalue weighted by molar-refractivity contribution is 0.0972. The largest absolute Gasteiger partial charge is 0.383 e. The van der Waals surface area contributed by atoms with Gasteiger partial charge in [-0.05, 0) is 25.8 Å². The highest BCUT2D eigenvalue weighted by Crippen LogP contribution is 2.27. The van der Waals surface area contributed by atoms with Gasteiger partial charge in [-0.2, -0.15) is 5.10 Å². The Labute approximate surface area is 118 Å². The zero-order valence-electron chi connectivity index (χ0n) is 11.9. The number of rotatable bonds is 4. The van der Waals surface area contributed by atoms with Crippen molar-refractivity contribution >= 4 is 5.78 Å². The van der Waals surface area contributed by atoms with Crippen LogP contribution in [0, 0.1) is 6.92 Å². The third kappa shape index (κ3) is 2.18. The van der Waals surface area contributed by atoms with Gasteiger partial charge in [-0.1, -0.05) is 0 Å². The van der Waals surface area contributed by atoms with Gasteiger partial charge in [-0.3, -0.25) is 9.48 Å². The topological polar surface area (TPSA) is 49.0 Å². The van der Waals surface area contributed by atoms with E-state index in [9.17, 15) is 4.79 Å². The van der Waals surface area contributed by atoms with Gasteiger partial charge in [0.1, 0.15) is 0 Å². The Morgan fingerprint density at radius 2 is 2.25 bits per heavy atom. The van der Waals surface area contributed by atoms with Crippen molar-refractivity contribution < 1.29 is 9.53 Å². The normalized spacial score (nSPS) is 14.6. The molecule has 1 aliphatic carbocycles. The van der Waals surface area contributed by atoms with E-state index in [2.05, 4.69) is 9.67 Å². The maximum Gasteiger partial charge on any atom is 0.164 e. The number of ether oxygens (including phenoxy) is 1. The van der Waals surface area contributed by atoms with Crippen LogP contribution < -0.4 is 0 Å². The van der Waals surface area contributed by atoms with Gasteiger partial charge >= 0.3 is 0 Å². The molecule has 5 nitrogen and oxygen atoms in total. The molecule has 2 heterocycles. The van der Waals surface area contributed by atoms with Crippen molar-refractivity contribution in [2.24, 2.45) is 0 Å². The lowest BCUT2D eigenvalue weighted by atomic mass is 9.96. The summed E-state index contributed by atoms with van der Waals surface area (Å²) in [7, 11) is 1.68. The monoisotopic (exact) mass is 273 g/mol. The Morgan fingerprint density at radius 3 is 3.05 bits per heavy atom. The minimum atomic E-state index is 0.264. The number of Topliss-reactive ketones (excluding diaryl/α,β-unsaturated/α-hetero) is 1. The Bertz CT molecular complexity index is 640. The van der Waals surface area contributed by atoms with Gasteiger partial charge in [0.2, 0.25) is 0 Å². The number of carbonyl (C=O) groups is 1. The second kappa shape index (κ2) is 5.25. The van der Waals surface area contributed by atoms with Gasteiger partial charge in [0.25, 0.3) is 0 Å². The summed E-state index contributed by atoms with van der Waals surface area (Å²) in [5, 5.41) is 4.35. The summed E-state index contributed by atoms with van der Waals surface area (Å²) in [4.78, 5) is 12.0. The second-order valence-electron chi connectivity index (χ2n) is 5.21. The number of aryl methyl sites for hydroxylation is 1. The molecule has 20 heavy (non-hydrogen) atoms. The molecule has 0 unspecified atom stereocenters. The molecule has 0 spiro atoms. The molecule has 5 heteroatoms. The lowest BCUT2D eigenvalue weighted by Gasteiger charge is -2.14. The minimum Gasteiger partial charge on any atom is -0.383 e. The van der Waals surface area contributed by atoms with Crippen molar-refractivity contribution in [2.75, 3.05) is 13.7 Å². The van der Waals surface area contributed by atoms with E-state index in [1.165, 1.54) is 0 Å². The molecule has 0 amide bonds. The van der Waals surface area contributed by atoms with Crippen molar-refractivity contribution in [1.29, 1.82) is 0 Å². The highest BCUT2D eigenvalue weighted by Gasteiger charge is 2.23. The first-order chi connectivity index (χ1) is 9.70. The van der Waals surface area contributed by atoms with E-state index < -0.39 is 0 Å². The molecule has 0 aromatic carbocycles. The van der Waals surface area contributed by atoms with Crippen molar-refractivity contribution in [3.63, 3.8) is 0 Å². The minimum absolute atomic E-state index is 0.264. The number of hydrogen-bond donors (Lipinski definition) is 0. The summed E-state index contributed by atoms with van der Waals surface area (Å²) in [5.74, 6) is 0.264. The van der Waals surface area contributed by atoms with E-state index in [0.29, 0.717) is 13.0 Å². The smallest absolute Gasteiger partial charge is 0.164 e. The van der Waals surface area contributed by atoms with Crippen LogP contribution in [0.2, 0.25) is 0 Å². The highest BCUT2D eigenvalue weighted by atomic mass is 16.5. The van der Waals surface area contributed by atoms with Gasteiger partial charge in [0, 0.05) is 36.7 Å². The van der Waals surface area contributed by atoms with E-state index in [-0.39, 0.29) is 5.78 Å². The predicted molar refractivity (Wildman–Crippen MR) is 75.4 cm³/mol. The summed E-state index contributed by atoms with van der Waals surface area (Å²) >= 11 is 0. The van der Waals surface area contributed by atoms with Crippen LogP contribution in [0.3, 0.4) is 0 Å². The molecule has 0 bridgehead atoms. The van der Waals surface area contributed by atoms with Crippen molar-refractivity contribution in [3.8, 4) is 5.69 Å². The molecule has 2 aromatic rings. The standard InChI is InChI=1S/C15H19N3O2/c1-11-8-13-14(4-3-5-15(13)19)18(11)12-9-16-17(10-12)6-7-20-2/h8-10H,3-7H2,1-2H3. The third-order valence-electron chi connectivity index (χ3n) is 3.81. The fourth-order valence-electron chi connectivity index (χ4n) is 2.86. The van der Waals surface area contributed by atoms with Crippen LogP contribution in [0.25, 0.3) is 5.69 Å². The molecule has 0 saturated heterocycles. The van der Waals surface area contributed by atoms with Gasteiger partial charge in [-0.25, -0.2) is 0 Å². The Balaban J connectivity index is 1.98.